The lowest BCUT2D eigenvalue weighted by Gasteiger charge is -2.40. The largest absolute Gasteiger partial charge is 0.467 e. The summed E-state index contributed by atoms with van der Waals surface area (Å²) in [5.41, 5.74) is 0. The summed E-state index contributed by atoms with van der Waals surface area (Å²) in [6.45, 7) is 9.75. The molecule has 1 atom stereocenters. The Morgan fingerprint density at radius 3 is 2.59 bits per heavy atom. The van der Waals surface area contributed by atoms with Gasteiger partial charge in [0.05, 0.1) is 13.3 Å². The van der Waals surface area contributed by atoms with Gasteiger partial charge in [-0.05, 0) is 13.0 Å². The van der Waals surface area contributed by atoms with E-state index in [9.17, 15) is 0 Å². The number of anilines is 1. The van der Waals surface area contributed by atoms with Gasteiger partial charge in [0.1, 0.15) is 5.02 Å². The summed E-state index contributed by atoms with van der Waals surface area (Å²) in [7, 11) is 3.72. The van der Waals surface area contributed by atoms with E-state index in [2.05, 4.69) is 46.0 Å². The van der Waals surface area contributed by atoms with Crippen LogP contribution in [-0.2, 0) is 0 Å². The molecule has 0 bridgehead atoms. The highest BCUT2D eigenvalue weighted by molar-refractivity contribution is 6.32. The van der Waals surface area contributed by atoms with E-state index in [1.54, 1.807) is 13.3 Å². The van der Waals surface area contributed by atoms with Crippen molar-refractivity contribution in [3.8, 4) is 6.01 Å². The summed E-state index contributed by atoms with van der Waals surface area (Å²) in [6, 6.07) is 0.776. The Morgan fingerprint density at radius 1 is 1.32 bits per heavy atom. The zero-order chi connectivity index (χ0) is 16.1. The molecule has 7 heteroatoms. The zero-order valence-corrected chi connectivity index (χ0v) is 14.6. The van der Waals surface area contributed by atoms with Crippen LogP contribution < -0.4 is 10.1 Å². The lowest BCUT2D eigenvalue weighted by molar-refractivity contribution is 0.0944. The minimum absolute atomic E-state index is 0.326. The van der Waals surface area contributed by atoms with Gasteiger partial charge in [0.25, 0.3) is 0 Å². The summed E-state index contributed by atoms with van der Waals surface area (Å²) in [6.07, 6.45) is 1.57. The van der Waals surface area contributed by atoms with Crippen molar-refractivity contribution >= 4 is 17.4 Å². The van der Waals surface area contributed by atoms with Crippen molar-refractivity contribution in [1.29, 1.82) is 0 Å². The van der Waals surface area contributed by atoms with E-state index in [1.165, 1.54) is 0 Å². The molecule has 1 aromatic heterocycles. The number of nitrogens with one attached hydrogen (secondary N) is 1. The van der Waals surface area contributed by atoms with Gasteiger partial charge in [0.2, 0.25) is 0 Å². The van der Waals surface area contributed by atoms with E-state index < -0.39 is 0 Å². The smallest absolute Gasteiger partial charge is 0.318 e. The van der Waals surface area contributed by atoms with Gasteiger partial charge in [0, 0.05) is 38.8 Å². The molecular weight excluding hydrogens is 302 g/mol. The molecule has 0 spiro atoms. The molecule has 0 saturated carbocycles. The molecule has 0 aromatic carbocycles. The van der Waals surface area contributed by atoms with Crippen LogP contribution >= 0.6 is 11.6 Å². The molecule has 22 heavy (non-hydrogen) atoms. The SMILES string of the molecule is COc1ncc(Cl)c(NCC(C(C)C)N2CCN(C)CC2)n1. The van der Waals surface area contributed by atoms with Crippen molar-refractivity contribution in [2.24, 2.45) is 5.92 Å². The predicted octanol–water partition coefficient (Wildman–Crippen LogP) is 1.82. The molecule has 1 N–H and O–H groups in total. The van der Waals surface area contributed by atoms with Crippen LogP contribution in [0.5, 0.6) is 6.01 Å². The van der Waals surface area contributed by atoms with Crippen LogP contribution in [0.15, 0.2) is 6.20 Å². The van der Waals surface area contributed by atoms with Gasteiger partial charge in [-0.15, -0.1) is 0 Å². The van der Waals surface area contributed by atoms with Gasteiger partial charge in [-0.3, -0.25) is 4.90 Å². The van der Waals surface area contributed by atoms with Crippen molar-refractivity contribution < 1.29 is 4.74 Å². The maximum Gasteiger partial charge on any atom is 0.318 e. The first-order valence-electron chi connectivity index (χ1n) is 7.74. The first kappa shape index (κ1) is 17.2. The van der Waals surface area contributed by atoms with Crippen molar-refractivity contribution in [2.75, 3.05) is 52.2 Å². The Balaban J connectivity index is 2.00. The number of hydrogen-bond acceptors (Lipinski definition) is 6. The summed E-state index contributed by atoms with van der Waals surface area (Å²) in [5, 5.41) is 3.87. The van der Waals surface area contributed by atoms with Gasteiger partial charge >= 0.3 is 6.01 Å². The minimum Gasteiger partial charge on any atom is -0.467 e. The number of piperazine rings is 1. The molecule has 124 valence electrons. The molecule has 1 aliphatic heterocycles. The molecule has 1 fully saturated rings. The second kappa shape index (κ2) is 7.94. The number of nitrogens with zero attached hydrogens (tertiary/aromatic N) is 4. The first-order valence-corrected chi connectivity index (χ1v) is 8.12. The monoisotopic (exact) mass is 327 g/mol. The fourth-order valence-corrected chi connectivity index (χ4v) is 2.87. The third-order valence-electron chi connectivity index (χ3n) is 4.16. The second-order valence-electron chi connectivity index (χ2n) is 6.08. The average molecular weight is 328 g/mol. The predicted molar refractivity (Wildman–Crippen MR) is 89.8 cm³/mol. The quantitative estimate of drug-likeness (QED) is 0.860. The first-order chi connectivity index (χ1) is 10.5. The zero-order valence-electron chi connectivity index (χ0n) is 13.8. The van der Waals surface area contributed by atoms with Gasteiger partial charge in [-0.1, -0.05) is 25.4 Å². The Kier molecular flexibility index (Phi) is 6.23. The molecule has 0 radical (unpaired) electrons. The van der Waals surface area contributed by atoms with Crippen LogP contribution in [0.4, 0.5) is 5.82 Å². The Morgan fingerprint density at radius 2 is 2.00 bits per heavy atom. The van der Waals surface area contributed by atoms with Crippen molar-refractivity contribution in [3.05, 3.63) is 11.2 Å². The number of rotatable bonds is 6. The number of likely N-dealkylation sites (N-methyl/N-ethyl adjacent to an activating group) is 1. The van der Waals surface area contributed by atoms with Gasteiger partial charge < -0.3 is 15.0 Å². The maximum atomic E-state index is 6.16. The minimum atomic E-state index is 0.326. The average Bonchev–Trinajstić information content (AvgIpc) is 2.50. The molecule has 0 aliphatic carbocycles. The number of halogens is 1. The number of ether oxygens (including phenoxy) is 1. The van der Waals surface area contributed by atoms with Crippen molar-refractivity contribution in [1.82, 2.24) is 19.8 Å². The van der Waals surface area contributed by atoms with Gasteiger partial charge in [0.15, 0.2) is 5.82 Å². The molecular formula is C15H26ClN5O. The fraction of sp³-hybridized carbons (Fsp3) is 0.733. The highest BCUT2D eigenvalue weighted by atomic mass is 35.5. The number of hydrogen-bond donors (Lipinski definition) is 1. The van der Waals surface area contributed by atoms with Crippen LogP contribution in [0.2, 0.25) is 5.02 Å². The van der Waals surface area contributed by atoms with Crippen LogP contribution in [0.1, 0.15) is 13.8 Å². The lowest BCUT2D eigenvalue weighted by Crippen LogP contribution is -2.52. The van der Waals surface area contributed by atoms with Crippen LogP contribution in [0, 0.1) is 5.92 Å². The fourth-order valence-electron chi connectivity index (χ4n) is 2.71. The molecule has 1 saturated heterocycles. The van der Waals surface area contributed by atoms with E-state index >= 15 is 0 Å². The van der Waals surface area contributed by atoms with Crippen molar-refractivity contribution in [2.45, 2.75) is 19.9 Å². The molecule has 0 amide bonds. The summed E-state index contributed by atoms with van der Waals surface area (Å²) >= 11 is 6.16. The standard InChI is InChI=1S/C15H26ClN5O/c1-11(2)13(21-7-5-20(3)6-8-21)10-17-14-12(16)9-18-15(19-14)22-4/h9,11,13H,5-8,10H2,1-4H3,(H,17,18,19). The molecule has 6 nitrogen and oxygen atoms in total. The summed E-state index contributed by atoms with van der Waals surface area (Å²) < 4.78 is 5.06. The molecule has 1 unspecified atom stereocenters. The van der Waals surface area contributed by atoms with Crippen LogP contribution in [0.3, 0.4) is 0 Å². The van der Waals surface area contributed by atoms with E-state index in [4.69, 9.17) is 16.3 Å². The van der Waals surface area contributed by atoms with Crippen LogP contribution in [0.25, 0.3) is 0 Å². The highest BCUT2D eigenvalue weighted by Crippen LogP contribution is 2.21. The van der Waals surface area contributed by atoms with Gasteiger partial charge in [-0.2, -0.15) is 4.98 Å². The van der Waals surface area contributed by atoms with Crippen LogP contribution in [-0.4, -0.2) is 72.7 Å². The number of aromatic nitrogens is 2. The van der Waals surface area contributed by atoms with E-state index in [-0.39, 0.29) is 0 Å². The normalized spacial score (nSPS) is 18.5. The maximum absolute atomic E-state index is 6.16. The van der Waals surface area contributed by atoms with E-state index in [0.717, 1.165) is 32.7 Å². The third-order valence-corrected chi connectivity index (χ3v) is 4.44. The molecule has 2 heterocycles. The Bertz CT molecular complexity index is 477. The topological polar surface area (TPSA) is 53.5 Å². The summed E-state index contributed by atoms with van der Waals surface area (Å²) in [5.74, 6) is 1.19. The highest BCUT2D eigenvalue weighted by Gasteiger charge is 2.25. The molecule has 2 rings (SSSR count). The number of methoxy groups -OCH3 is 1. The summed E-state index contributed by atoms with van der Waals surface area (Å²) in [4.78, 5) is 13.2. The Labute approximate surface area is 137 Å². The lowest BCUT2D eigenvalue weighted by atomic mass is 10.0. The second-order valence-corrected chi connectivity index (χ2v) is 6.49. The molecule has 1 aromatic rings. The van der Waals surface area contributed by atoms with Gasteiger partial charge in [-0.25, -0.2) is 4.98 Å². The van der Waals surface area contributed by atoms with Crippen molar-refractivity contribution in [3.63, 3.8) is 0 Å². The Hall–Kier alpha value is -1.11. The van der Waals surface area contributed by atoms with E-state index in [0.29, 0.717) is 28.8 Å². The van der Waals surface area contributed by atoms with E-state index in [1.807, 2.05) is 0 Å². The molecule has 1 aliphatic rings. The third kappa shape index (κ3) is 4.44.